The van der Waals surface area contributed by atoms with Crippen molar-refractivity contribution in [2.24, 2.45) is 0 Å². The Balaban J connectivity index is 2.18. The van der Waals surface area contributed by atoms with Crippen LogP contribution >= 0.6 is 0 Å². The minimum atomic E-state index is -0.276. The van der Waals surface area contributed by atoms with Crippen molar-refractivity contribution >= 4 is 5.91 Å². The Labute approximate surface area is 125 Å². The highest BCUT2D eigenvalue weighted by Gasteiger charge is 2.14. The highest BCUT2D eigenvalue weighted by Crippen LogP contribution is 2.18. The maximum atomic E-state index is 12.9. The molecule has 2 aromatic carbocycles. The predicted octanol–water partition coefficient (Wildman–Crippen LogP) is 4.24. The number of nitrogens with one attached hydrogen (secondary N) is 1. The van der Waals surface area contributed by atoms with Crippen molar-refractivity contribution in [3.05, 3.63) is 70.0 Å². The fourth-order valence-corrected chi connectivity index (χ4v) is 2.31. The van der Waals surface area contributed by atoms with Gasteiger partial charge in [0.1, 0.15) is 5.82 Å². The molecule has 0 saturated heterocycles. The second-order valence-corrected chi connectivity index (χ2v) is 5.50. The zero-order valence-corrected chi connectivity index (χ0v) is 12.8. The average Bonchev–Trinajstić information content (AvgIpc) is 2.43. The van der Waals surface area contributed by atoms with Crippen LogP contribution in [0.25, 0.3) is 0 Å². The van der Waals surface area contributed by atoms with Crippen molar-refractivity contribution in [1.29, 1.82) is 0 Å². The normalized spacial score (nSPS) is 12.0. The van der Waals surface area contributed by atoms with E-state index in [1.165, 1.54) is 17.7 Å². The quantitative estimate of drug-likeness (QED) is 0.897. The third-order valence-electron chi connectivity index (χ3n) is 3.80. The molecule has 2 rings (SSSR count). The third kappa shape index (κ3) is 3.48. The van der Waals surface area contributed by atoms with Crippen LogP contribution in [0.3, 0.4) is 0 Å². The van der Waals surface area contributed by atoms with Crippen molar-refractivity contribution in [2.45, 2.75) is 33.7 Å². The molecule has 1 amide bonds. The highest BCUT2D eigenvalue weighted by atomic mass is 19.1. The van der Waals surface area contributed by atoms with E-state index in [-0.39, 0.29) is 17.8 Å². The molecule has 0 heterocycles. The van der Waals surface area contributed by atoms with E-state index in [1.807, 2.05) is 39.8 Å². The second-order valence-electron chi connectivity index (χ2n) is 5.50. The largest absolute Gasteiger partial charge is 0.346 e. The first-order chi connectivity index (χ1) is 9.88. The van der Waals surface area contributed by atoms with E-state index in [2.05, 4.69) is 5.32 Å². The van der Waals surface area contributed by atoms with Crippen molar-refractivity contribution in [2.75, 3.05) is 0 Å². The number of carbonyl (C=O) groups is 1. The molecule has 0 aliphatic carbocycles. The number of aryl methyl sites for hydroxylation is 3. The molecule has 2 aromatic rings. The Hall–Kier alpha value is -2.16. The van der Waals surface area contributed by atoms with Gasteiger partial charge in [-0.15, -0.1) is 0 Å². The molecular weight excluding hydrogens is 265 g/mol. The number of hydrogen-bond acceptors (Lipinski definition) is 1. The van der Waals surface area contributed by atoms with Crippen LogP contribution < -0.4 is 5.32 Å². The summed E-state index contributed by atoms with van der Waals surface area (Å²) in [6.45, 7) is 7.85. The molecule has 1 N–H and O–H groups in total. The summed E-state index contributed by atoms with van der Waals surface area (Å²) in [5.41, 5.74) is 4.80. The lowest BCUT2D eigenvalue weighted by atomic mass is 10.00. The molecule has 21 heavy (non-hydrogen) atoms. The lowest BCUT2D eigenvalue weighted by molar-refractivity contribution is 0.0939. The van der Waals surface area contributed by atoms with Gasteiger partial charge in [-0.3, -0.25) is 4.79 Å². The Morgan fingerprint density at radius 2 is 1.57 bits per heavy atom. The fraction of sp³-hybridized carbons (Fsp3) is 0.278. The van der Waals surface area contributed by atoms with Crippen molar-refractivity contribution in [3.63, 3.8) is 0 Å². The predicted molar refractivity (Wildman–Crippen MR) is 82.9 cm³/mol. The van der Waals surface area contributed by atoms with E-state index in [0.29, 0.717) is 5.56 Å². The Morgan fingerprint density at radius 3 is 2.19 bits per heavy atom. The van der Waals surface area contributed by atoms with Gasteiger partial charge in [0, 0.05) is 5.56 Å². The Morgan fingerprint density at radius 1 is 1.00 bits per heavy atom. The molecule has 0 fully saturated rings. The molecule has 0 bridgehead atoms. The lowest BCUT2D eigenvalue weighted by Crippen LogP contribution is -2.27. The number of halogens is 1. The van der Waals surface area contributed by atoms with Gasteiger partial charge in [-0.2, -0.15) is 0 Å². The molecule has 0 unspecified atom stereocenters. The summed E-state index contributed by atoms with van der Waals surface area (Å²) < 4.78 is 12.9. The SMILES string of the molecule is Cc1cc(C)c(C(=O)N[C@H](C)c2ccc(F)cc2)cc1C. The van der Waals surface area contributed by atoms with Gasteiger partial charge in [-0.05, 0) is 68.1 Å². The van der Waals surface area contributed by atoms with Gasteiger partial charge in [0.2, 0.25) is 0 Å². The summed E-state index contributed by atoms with van der Waals surface area (Å²) in [6.07, 6.45) is 0. The second kappa shape index (κ2) is 6.08. The van der Waals surface area contributed by atoms with Gasteiger partial charge in [0.15, 0.2) is 0 Å². The summed E-state index contributed by atoms with van der Waals surface area (Å²) in [4.78, 5) is 12.4. The Bertz CT molecular complexity index is 662. The molecule has 2 nitrogen and oxygen atoms in total. The van der Waals surface area contributed by atoms with Crippen molar-refractivity contribution in [3.8, 4) is 0 Å². The molecule has 1 atom stereocenters. The first kappa shape index (κ1) is 15.2. The number of carbonyl (C=O) groups excluding carboxylic acids is 1. The maximum Gasteiger partial charge on any atom is 0.252 e. The van der Waals surface area contributed by atoms with Crippen LogP contribution in [0.1, 0.15) is 45.6 Å². The van der Waals surface area contributed by atoms with Gasteiger partial charge in [-0.25, -0.2) is 4.39 Å². The highest BCUT2D eigenvalue weighted by molar-refractivity contribution is 5.96. The molecule has 0 saturated carbocycles. The molecular formula is C18H20FNO. The van der Waals surface area contributed by atoms with Crippen LogP contribution in [0.2, 0.25) is 0 Å². The lowest BCUT2D eigenvalue weighted by Gasteiger charge is -2.16. The summed E-state index contributed by atoms with van der Waals surface area (Å²) in [7, 11) is 0. The van der Waals surface area contributed by atoms with Crippen LogP contribution in [-0.4, -0.2) is 5.91 Å². The first-order valence-electron chi connectivity index (χ1n) is 7.02. The topological polar surface area (TPSA) is 29.1 Å². The van der Waals surface area contributed by atoms with Crippen LogP contribution in [-0.2, 0) is 0 Å². The molecule has 0 radical (unpaired) electrons. The molecule has 0 aromatic heterocycles. The van der Waals surface area contributed by atoms with Gasteiger partial charge in [0.25, 0.3) is 5.91 Å². The smallest absolute Gasteiger partial charge is 0.252 e. The van der Waals surface area contributed by atoms with Crippen LogP contribution in [0.5, 0.6) is 0 Å². The Kier molecular flexibility index (Phi) is 4.41. The van der Waals surface area contributed by atoms with Crippen LogP contribution in [0.4, 0.5) is 4.39 Å². The van der Waals surface area contributed by atoms with Gasteiger partial charge in [-0.1, -0.05) is 18.2 Å². The minimum Gasteiger partial charge on any atom is -0.346 e. The molecule has 3 heteroatoms. The van der Waals surface area contributed by atoms with Crippen molar-refractivity contribution < 1.29 is 9.18 Å². The molecule has 0 aliphatic rings. The number of benzene rings is 2. The average molecular weight is 285 g/mol. The fourth-order valence-electron chi connectivity index (χ4n) is 2.31. The first-order valence-corrected chi connectivity index (χ1v) is 7.02. The monoisotopic (exact) mass is 285 g/mol. The molecule has 110 valence electrons. The third-order valence-corrected chi connectivity index (χ3v) is 3.80. The summed E-state index contributed by atoms with van der Waals surface area (Å²) >= 11 is 0. The summed E-state index contributed by atoms with van der Waals surface area (Å²) in [5.74, 6) is -0.380. The van der Waals surface area contributed by atoms with E-state index in [9.17, 15) is 9.18 Å². The van der Waals surface area contributed by atoms with E-state index in [1.54, 1.807) is 12.1 Å². The van der Waals surface area contributed by atoms with E-state index in [4.69, 9.17) is 0 Å². The minimum absolute atomic E-state index is 0.104. The van der Waals surface area contributed by atoms with E-state index >= 15 is 0 Å². The van der Waals surface area contributed by atoms with Crippen LogP contribution in [0, 0.1) is 26.6 Å². The number of rotatable bonds is 3. The standard InChI is InChI=1S/C18H20FNO/c1-11-9-13(3)17(10-12(11)2)18(21)20-14(4)15-5-7-16(19)8-6-15/h5-10,14H,1-4H3,(H,20,21)/t14-/m1/s1. The van der Waals surface area contributed by atoms with Gasteiger partial charge >= 0.3 is 0 Å². The number of hydrogen-bond donors (Lipinski definition) is 1. The van der Waals surface area contributed by atoms with Crippen LogP contribution in [0.15, 0.2) is 36.4 Å². The van der Waals surface area contributed by atoms with Gasteiger partial charge in [0.05, 0.1) is 6.04 Å². The van der Waals surface area contributed by atoms with Crippen molar-refractivity contribution in [1.82, 2.24) is 5.32 Å². The van der Waals surface area contributed by atoms with E-state index in [0.717, 1.165) is 16.7 Å². The summed E-state index contributed by atoms with van der Waals surface area (Å²) in [5, 5.41) is 2.96. The zero-order chi connectivity index (χ0) is 15.6. The summed E-state index contributed by atoms with van der Waals surface area (Å²) in [6, 6.07) is 9.95. The van der Waals surface area contributed by atoms with E-state index < -0.39 is 0 Å². The molecule has 0 aliphatic heterocycles. The number of amides is 1. The molecule has 0 spiro atoms. The van der Waals surface area contributed by atoms with Gasteiger partial charge < -0.3 is 5.32 Å². The zero-order valence-electron chi connectivity index (χ0n) is 12.8. The maximum absolute atomic E-state index is 12.9.